The van der Waals surface area contributed by atoms with Crippen LogP contribution in [0.4, 0.5) is 5.69 Å². The van der Waals surface area contributed by atoms with Crippen molar-refractivity contribution in [3.63, 3.8) is 0 Å². The Labute approximate surface area is 156 Å². The molecule has 2 N–H and O–H groups in total. The van der Waals surface area contributed by atoms with Gasteiger partial charge < -0.3 is 20.1 Å². The Bertz CT molecular complexity index is 664. The summed E-state index contributed by atoms with van der Waals surface area (Å²) in [6.07, 6.45) is 2.15. The van der Waals surface area contributed by atoms with E-state index in [1.807, 2.05) is 24.3 Å². The Hall–Kier alpha value is -2.50. The Kier molecular flexibility index (Phi) is 7.99. The lowest BCUT2D eigenvalue weighted by molar-refractivity contribution is 0.368. The molecular weight excluding hydrogens is 326 g/mol. The first kappa shape index (κ1) is 19.8. The molecule has 1 aromatic heterocycles. The second-order valence-electron chi connectivity index (χ2n) is 6.34. The molecule has 0 aliphatic carbocycles. The molecule has 0 aliphatic heterocycles. The highest BCUT2D eigenvalue weighted by atomic mass is 16.5. The summed E-state index contributed by atoms with van der Waals surface area (Å²) in [7, 11) is 3.85. The van der Waals surface area contributed by atoms with E-state index in [0.29, 0.717) is 12.5 Å². The van der Waals surface area contributed by atoms with Crippen molar-refractivity contribution >= 4 is 11.6 Å². The fourth-order valence-corrected chi connectivity index (χ4v) is 2.86. The van der Waals surface area contributed by atoms with Crippen LogP contribution in [0.2, 0.25) is 0 Å². The number of guanidine groups is 1. The number of rotatable bonds is 9. The number of hydrogen-bond donors (Lipinski definition) is 2. The highest BCUT2D eigenvalue weighted by Crippen LogP contribution is 2.22. The lowest BCUT2D eigenvalue weighted by atomic mass is 9.99. The van der Waals surface area contributed by atoms with E-state index in [1.54, 1.807) is 7.05 Å². The lowest BCUT2D eigenvalue weighted by Gasteiger charge is -2.20. The molecule has 1 heterocycles. The van der Waals surface area contributed by atoms with Crippen LogP contribution >= 0.6 is 0 Å². The molecule has 142 valence electrons. The summed E-state index contributed by atoms with van der Waals surface area (Å²) >= 11 is 0. The van der Waals surface area contributed by atoms with Crippen LogP contribution in [-0.4, -0.2) is 38.3 Å². The van der Waals surface area contributed by atoms with E-state index in [1.165, 1.54) is 5.69 Å². The van der Waals surface area contributed by atoms with Crippen LogP contribution in [0.3, 0.4) is 0 Å². The van der Waals surface area contributed by atoms with Crippen molar-refractivity contribution in [1.29, 1.82) is 0 Å². The standard InChI is InChI=1S/C20H31N5O/c1-5-16(6-2)19-14-18(26-24-19)15-23-20(21-3)22-12-13-25(4)17-10-8-7-9-11-17/h7-11,14,16H,5-6,12-13,15H2,1-4H3,(H2,21,22,23). The first-order valence-electron chi connectivity index (χ1n) is 9.34. The smallest absolute Gasteiger partial charge is 0.191 e. The average molecular weight is 358 g/mol. The molecule has 0 saturated heterocycles. The van der Waals surface area contributed by atoms with Gasteiger partial charge in [0.1, 0.15) is 0 Å². The molecule has 6 heteroatoms. The van der Waals surface area contributed by atoms with Gasteiger partial charge in [0.25, 0.3) is 0 Å². The molecule has 1 aromatic carbocycles. The lowest BCUT2D eigenvalue weighted by Crippen LogP contribution is -2.40. The van der Waals surface area contributed by atoms with Gasteiger partial charge in [0.15, 0.2) is 11.7 Å². The minimum Gasteiger partial charge on any atom is -0.373 e. The second kappa shape index (κ2) is 10.5. The quantitative estimate of drug-likeness (QED) is 0.532. The van der Waals surface area contributed by atoms with Crippen LogP contribution in [0.5, 0.6) is 0 Å². The summed E-state index contributed by atoms with van der Waals surface area (Å²) < 4.78 is 5.44. The van der Waals surface area contributed by atoms with Crippen LogP contribution in [0.1, 0.15) is 44.1 Å². The first-order valence-corrected chi connectivity index (χ1v) is 9.34. The number of likely N-dealkylation sites (N-methyl/N-ethyl adjacent to an activating group) is 1. The Morgan fingerprint density at radius 2 is 1.92 bits per heavy atom. The minimum atomic E-state index is 0.471. The van der Waals surface area contributed by atoms with Crippen molar-refractivity contribution in [2.45, 2.75) is 39.2 Å². The van der Waals surface area contributed by atoms with E-state index in [0.717, 1.165) is 43.3 Å². The van der Waals surface area contributed by atoms with Crippen molar-refractivity contribution in [2.24, 2.45) is 4.99 Å². The van der Waals surface area contributed by atoms with Crippen LogP contribution in [0.25, 0.3) is 0 Å². The number of aliphatic imine (C=N–C) groups is 1. The second-order valence-corrected chi connectivity index (χ2v) is 6.34. The Morgan fingerprint density at radius 3 is 2.58 bits per heavy atom. The van der Waals surface area contributed by atoms with Crippen molar-refractivity contribution in [1.82, 2.24) is 15.8 Å². The van der Waals surface area contributed by atoms with Gasteiger partial charge in [-0.15, -0.1) is 0 Å². The molecule has 0 saturated carbocycles. The Morgan fingerprint density at radius 1 is 1.19 bits per heavy atom. The summed E-state index contributed by atoms with van der Waals surface area (Å²) in [5, 5.41) is 10.8. The zero-order valence-electron chi connectivity index (χ0n) is 16.3. The maximum absolute atomic E-state index is 5.44. The fraction of sp³-hybridized carbons (Fsp3) is 0.500. The number of anilines is 1. The number of nitrogens with one attached hydrogen (secondary N) is 2. The first-order chi connectivity index (χ1) is 12.7. The van der Waals surface area contributed by atoms with Crippen LogP contribution in [-0.2, 0) is 6.54 Å². The molecule has 0 unspecified atom stereocenters. The fourth-order valence-electron chi connectivity index (χ4n) is 2.86. The third kappa shape index (κ3) is 5.79. The van der Waals surface area contributed by atoms with Gasteiger partial charge in [0.2, 0.25) is 0 Å². The summed E-state index contributed by atoms with van der Waals surface area (Å²) in [6, 6.07) is 12.4. The van der Waals surface area contributed by atoms with Crippen LogP contribution < -0.4 is 15.5 Å². The van der Waals surface area contributed by atoms with E-state index in [-0.39, 0.29) is 0 Å². The van der Waals surface area contributed by atoms with E-state index < -0.39 is 0 Å². The number of hydrogen-bond acceptors (Lipinski definition) is 4. The third-order valence-corrected chi connectivity index (χ3v) is 4.57. The molecule has 0 amide bonds. The number of aromatic nitrogens is 1. The van der Waals surface area contributed by atoms with Crippen molar-refractivity contribution in [3.05, 3.63) is 47.9 Å². The van der Waals surface area contributed by atoms with Gasteiger partial charge in [-0.1, -0.05) is 37.2 Å². The number of nitrogens with zero attached hydrogens (tertiary/aromatic N) is 3. The SMILES string of the molecule is CCC(CC)c1cc(CNC(=NC)NCCN(C)c2ccccc2)on1. The molecular formula is C20H31N5O. The maximum atomic E-state index is 5.44. The topological polar surface area (TPSA) is 65.7 Å². The van der Waals surface area contributed by atoms with Crippen molar-refractivity contribution in [2.75, 3.05) is 32.1 Å². The van der Waals surface area contributed by atoms with E-state index >= 15 is 0 Å². The van der Waals surface area contributed by atoms with E-state index in [4.69, 9.17) is 4.52 Å². The highest BCUT2D eigenvalue weighted by Gasteiger charge is 2.13. The maximum Gasteiger partial charge on any atom is 0.191 e. The van der Waals surface area contributed by atoms with Gasteiger partial charge >= 0.3 is 0 Å². The molecule has 26 heavy (non-hydrogen) atoms. The van der Waals surface area contributed by atoms with Crippen LogP contribution in [0, 0.1) is 0 Å². The van der Waals surface area contributed by atoms with Crippen LogP contribution in [0.15, 0.2) is 45.9 Å². The van der Waals surface area contributed by atoms with Gasteiger partial charge in [0.05, 0.1) is 12.2 Å². The van der Waals surface area contributed by atoms with Gasteiger partial charge in [-0.2, -0.15) is 0 Å². The normalized spacial score (nSPS) is 11.7. The highest BCUT2D eigenvalue weighted by molar-refractivity contribution is 5.79. The predicted octanol–water partition coefficient (Wildman–Crippen LogP) is 3.38. The van der Waals surface area contributed by atoms with Crippen molar-refractivity contribution in [3.8, 4) is 0 Å². The van der Waals surface area contributed by atoms with E-state index in [2.05, 4.69) is 58.7 Å². The molecule has 0 radical (unpaired) electrons. The monoisotopic (exact) mass is 357 g/mol. The zero-order chi connectivity index (χ0) is 18.8. The third-order valence-electron chi connectivity index (χ3n) is 4.57. The molecule has 0 bridgehead atoms. The zero-order valence-corrected chi connectivity index (χ0v) is 16.3. The summed E-state index contributed by atoms with van der Waals surface area (Å²) in [4.78, 5) is 6.47. The molecule has 6 nitrogen and oxygen atoms in total. The van der Waals surface area contributed by atoms with Gasteiger partial charge in [-0.3, -0.25) is 4.99 Å². The van der Waals surface area contributed by atoms with Gasteiger partial charge in [-0.05, 0) is 25.0 Å². The molecule has 2 aromatic rings. The van der Waals surface area contributed by atoms with E-state index in [9.17, 15) is 0 Å². The summed E-state index contributed by atoms with van der Waals surface area (Å²) in [5.74, 6) is 2.06. The average Bonchev–Trinajstić information content (AvgIpc) is 3.14. The Balaban J connectivity index is 1.76. The summed E-state index contributed by atoms with van der Waals surface area (Å²) in [5.41, 5.74) is 2.24. The number of para-hydroxylation sites is 1. The predicted molar refractivity (Wildman–Crippen MR) is 108 cm³/mol. The molecule has 0 spiro atoms. The largest absolute Gasteiger partial charge is 0.373 e. The molecule has 2 rings (SSSR count). The molecule has 0 fully saturated rings. The van der Waals surface area contributed by atoms with Crippen molar-refractivity contribution < 1.29 is 4.52 Å². The minimum absolute atomic E-state index is 0.471. The summed E-state index contributed by atoms with van der Waals surface area (Å²) in [6.45, 7) is 6.60. The van der Waals surface area contributed by atoms with Gasteiger partial charge in [0, 0.05) is 44.9 Å². The number of benzene rings is 1. The molecule has 0 atom stereocenters. The molecule has 0 aliphatic rings. The van der Waals surface area contributed by atoms with Gasteiger partial charge in [-0.25, -0.2) is 0 Å².